The van der Waals surface area contributed by atoms with Crippen LogP contribution in [0.4, 0.5) is 0 Å². The maximum absolute atomic E-state index is 4.25. The molecular weight excluding hydrogens is 194 g/mol. The molecule has 0 aliphatic carbocycles. The molecule has 0 unspecified atom stereocenters. The minimum atomic E-state index is 0.894. The molecule has 82 valence electrons. The van der Waals surface area contributed by atoms with Gasteiger partial charge in [-0.25, -0.2) is 0 Å². The first kappa shape index (κ1) is 12.2. The lowest BCUT2D eigenvalue weighted by molar-refractivity contribution is 1.28. The van der Waals surface area contributed by atoms with Crippen molar-refractivity contribution in [3.8, 4) is 0 Å². The highest BCUT2D eigenvalue weighted by Crippen LogP contribution is 2.17. The lowest BCUT2D eigenvalue weighted by Gasteiger charge is -2.03. The van der Waals surface area contributed by atoms with Gasteiger partial charge in [0.2, 0.25) is 0 Å². The molecule has 0 bridgehead atoms. The van der Waals surface area contributed by atoms with Gasteiger partial charge in [0.05, 0.1) is 5.69 Å². The summed E-state index contributed by atoms with van der Waals surface area (Å²) in [5, 5.41) is 0. The van der Waals surface area contributed by atoms with Crippen LogP contribution in [0.15, 0.2) is 66.9 Å². The van der Waals surface area contributed by atoms with Crippen molar-refractivity contribution in [2.24, 2.45) is 0 Å². The predicted octanol–water partition coefficient (Wildman–Crippen LogP) is 4.17. The molecule has 1 rings (SSSR count). The topological polar surface area (TPSA) is 12.9 Å². The van der Waals surface area contributed by atoms with E-state index in [0.29, 0.717) is 0 Å². The number of aromatic nitrogens is 1. The van der Waals surface area contributed by atoms with Crippen LogP contribution in [0.1, 0.15) is 19.5 Å². The number of hydrogen-bond donors (Lipinski definition) is 0. The average molecular weight is 211 g/mol. The first-order valence-electron chi connectivity index (χ1n) is 5.25. The van der Waals surface area contributed by atoms with Crippen LogP contribution in [0.25, 0.3) is 5.57 Å². The molecule has 0 aliphatic rings. The Morgan fingerprint density at radius 2 is 2.06 bits per heavy atom. The summed E-state index contributed by atoms with van der Waals surface area (Å²) < 4.78 is 0. The summed E-state index contributed by atoms with van der Waals surface area (Å²) in [6, 6.07) is 5.80. The fourth-order valence-electron chi connectivity index (χ4n) is 1.31. The summed E-state index contributed by atoms with van der Waals surface area (Å²) in [6.07, 6.45) is 7.79. The van der Waals surface area contributed by atoms with Crippen LogP contribution in [-0.4, -0.2) is 4.98 Å². The van der Waals surface area contributed by atoms with Gasteiger partial charge in [0.15, 0.2) is 0 Å². The zero-order chi connectivity index (χ0) is 12.0. The SMILES string of the molecule is C=C(C)C(/C=C\C)=C/C(=C)c1ccccn1. The van der Waals surface area contributed by atoms with Crippen LogP contribution in [0.2, 0.25) is 0 Å². The van der Waals surface area contributed by atoms with Crippen LogP contribution < -0.4 is 0 Å². The van der Waals surface area contributed by atoms with E-state index in [-0.39, 0.29) is 0 Å². The van der Waals surface area contributed by atoms with Crippen molar-refractivity contribution in [1.82, 2.24) is 4.98 Å². The normalized spacial score (nSPS) is 11.8. The fraction of sp³-hybridized carbons (Fsp3) is 0.133. The fourth-order valence-corrected chi connectivity index (χ4v) is 1.31. The van der Waals surface area contributed by atoms with E-state index in [2.05, 4.69) is 18.1 Å². The number of pyridine rings is 1. The molecule has 0 amide bonds. The first-order valence-corrected chi connectivity index (χ1v) is 5.25. The van der Waals surface area contributed by atoms with Crippen molar-refractivity contribution in [2.75, 3.05) is 0 Å². The van der Waals surface area contributed by atoms with Gasteiger partial charge in [-0.2, -0.15) is 0 Å². The zero-order valence-electron chi connectivity index (χ0n) is 9.90. The molecular formula is C15H17N. The second kappa shape index (κ2) is 5.86. The Bertz CT molecular complexity index is 436. The van der Waals surface area contributed by atoms with E-state index < -0.39 is 0 Å². The molecule has 0 N–H and O–H groups in total. The maximum atomic E-state index is 4.25. The molecule has 0 aliphatic heterocycles. The minimum absolute atomic E-state index is 0.894. The van der Waals surface area contributed by atoms with E-state index in [1.165, 1.54) is 0 Å². The molecule has 1 aromatic rings. The zero-order valence-corrected chi connectivity index (χ0v) is 9.90. The van der Waals surface area contributed by atoms with Gasteiger partial charge in [0, 0.05) is 6.20 Å². The standard InChI is InChI=1S/C15H17N/c1-5-8-14(12(2)3)11-13(4)15-9-6-7-10-16-15/h5-11H,2,4H2,1,3H3/b8-5-,14-11+. The van der Waals surface area contributed by atoms with Gasteiger partial charge in [-0.1, -0.05) is 36.9 Å². The van der Waals surface area contributed by atoms with Crippen molar-refractivity contribution >= 4 is 5.57 Å². The van der Waals surface area contributed by atoms with E-state index in [1.807, 2.05) is 50.3 Å². The smallest absolute Gasteiger partial charge is 0.0696 e. The average Bonchev–Trinajstić information content (AvgIpc) is 2.29. The Labute approximate surface area is 97.5 Å². The predicted molar refractivity (Wildman–Crippen MR) is 71.0 cm³/mol. The molecule has 0 radical (unpaired) electrons. The Hall–Kier alpha value is -1.89. The molecule has 1 nitrogen and oxygen atoms in total. The largest absolute Gasteiger partial charge is 0.256 e. The van der Waals surface area contributed by atoms with Crippen molar-refractivity contribution in [3.05, 3.63) is 72.6 Å². The number of allylic oxidation sites excluding steroid dienone is 6. The third kappa shape index (κ3) is 3.35. The summed E-state index contributed by atoms with van der Waals surface area (Å²) in [5.74, 6) is 0. The second-order valence-corrected chi connectivity index (χ2v) is 3.62. The van der Waals surface area contributed by atoms with E-state index in [4.69, 9.17) is 0 Å². The van der Waals surface area contributed by atoms with Gasteiger partial charge in [-0.05, 0) is 43.2 Å². The van der Waals surface area contributed by atoms with Gasteiger partial charge in [-0.15, -0.1) is 0 Å². The highest BCUT2D eigenvalue weighted by Gasteiger charge is 1.98. The summed E-state index contributed by atoms with van der Waals surface area (Å²) >= 11 is 0. The third-order valence-corrected chi connectivity index (χ3v) is 2.16. The number of hydrogen-bond acceptors (Lipinski definition) is 1. The molecule has 16 heavy (non-hydrogen) atoms. The van der Waals surface area contributed by atoms with Crippen LogP contribution in [0.5, 0.6) is 0 Å². The van der Waals surface area contributed by atoms with Crippen LogP contribution in [0, 0.1) is 0 Å². The highest BCUT2D eigenvalue weighted by atomic mass is 14.7. The first-order chi connectivity index (χ1) is 7.65. The van der Waals surface area contributed by atoms with Crippen molar-refractivity contribution in [2.45, 2.75) is 13.8 Å². The molecule has 0 saturated heterocycles. The summed E-state index contributed by atoms with van der Waals surface area (Å²) in [5.41, 5.74) is 3.90. The molecule has 1 heteroatoms. The molecule has 0 saturated carbocycles. The molecule has 0 aromatic carbocycles. The second-order valence-electron chi connectivity index (χ2n) is 3.62. The van der Waals surface area contributed by atoms with Gasteiger partial charge >= 0.3 is 0 Å². The van der Waals surface area contributed by atoms with Gasteiger partial charge < -0.3 is 0 Å². The molecule has 0 spiro atoms. The Kier molecular flexibility index (Phi) is 4.46. The molecule has 1 aromatic heterocycles. The monoisotopic (exact) mass is 211 g/mol. The van der Waals surface area contributed by atoms with Crippen molar-refractivity contribution < 1.29 is 0 Å². The van der Waals surface area contributed by atoms with Gasteiger partial charge in [0.25, 0.3) is 0 Å². The molecule has 0 fully saturated rings. The lowest BCUT2D eigenvalue weighted by Crippen LogP contribution is -1.86. The summed E-state index contributed by atoms with van der Waals surface area (Å²) in [7, 11) is 0. The lowest BCUT2D eigenvalue weighted by atomic mass is 10.0. The highest BCUT2D eigenvalue weighted by molar-refractivity contribution is 5.72. The van der Waals surface area contributed by atoms with E-state index >= 15 is 0 Å². The molecule has 0 atom stereocenters. The van der Waals surface area contributed by atoms with Crippen molar-refractivity contribution in [3.63, 3.8) is 0 Å². The van der Waals surface area contributed by atoms with Gasteiger partial charge in [0.1, 0.15) is 0 Å². The van der Waals surface area contributed by atoms with Crippen molar-refractivity contribution in [1.29, 1.82) is 0 Å². The maximum Gasteiger partial charge on any atom is 0.0696 e. The van der Waals surface area contributed by atoms with E-state index in [9.17, 15) is 0 Å². The van der Waals surface area contributed by atoms with Gasteiger partial charge in [-0.3, -0.25) is 4.98 Å². The minimum Gasteiger partial charge on any atom is -0.256 e. The number of rotatable bonds is 4. The summed E-state index contributed by atoms with van der Waals surface area (Å²) in [6.45, 7) is 11.9. The Balaban J connectivity index is 2.98. The Morgan fingerprint density at radius 1 is 1.31 bits per heavy atom. The van der Waals surface area contributed by atoms with Crippen LogP contribution >= 0.6 is 0 Å². The van der Waals surface area contributed by atoms with E-state index in [0.717, 1.165) is 22.4 Å². The third-order valence-electron chi connectivity index (χ3n) is 2.16. The summed E-state index contributed by atoms with van der Waals surface area (Å²) in [4.78, 5) is 4.25. The Morgan fingerprint density at radius 3 is 2.56 bits per heavy atom. The molecule has 1 heterocycles. The van der Waals surface area contributed by atoms with Crippen LogP contribution in [0.3, 0.4) is 0 Å². The van der Waals surface area contributed by atoms with Crippen LogP contribution in [-0.2, 0) is 0 Å². The number of nitrogens with zero attached hydrogens (tertiary/aromatic N) is 1. The van der Waals surface area contributed by atoms with E-state index in [1.54, 1.807) is 6.20 Å². The quantitative estimate of drug-likeness (QED) is 0.681.